The molecule has 7 heteroatoms. The van der Waals surface area contributed by atoms with Gasteiger partial charge in [0.25, 0.3) is 5.91 Å². The molecule has 1 aromatic rings. The van der Waals surface area contributed by atoms with Crippen LogP contribution in [0.3, 0.4) is 0 Å². The van der Waals surface area contributed by atoms with Crippen molar-refractivity contribution in [3.63, 3.8) is 0 Å². The molecular weight excluding hydrogens is 226 g/mol. The van der Waals surface area contributed by atoms with Crippen molar-refractivity contribution in [1.82, 2.24) is 0 Å². The highest BCUT2D eigenvalue weighted by Gasteiger charge is 2.13. The number of benzene rings is 1. The molecule has 0 aliphatic carbocycles. The van der Waals surface area contributed by atoms with Crippen molar-refractivity contribution < 1.29 is 14.8 Å². The smallest absolute Gasteiger partial charge is 0.311 e. The van der Waals surface area contributed by atoms with E-state index >= 15 is 0 Å². The first kappa shape index (κ1) is 12.2. The second kappa shape index (κ2) is 4.76. The van der Waals surface area contributed by atoms with Crippen molar-refractivity contribution in [3.8, 4) is 11.8 Å². The molecule has 0 bridgehead atoms. The number of phenolic OH excluding ortho intramolecular Hbond substituents is 1. The maximum absolute atomic E-state index is 10.8. The molecule has 0 spiro atoms. The topological polar surface area (TPSA) is 130 Å². The number of hydrogen-bond acceptors (Lipinski definition) is 5. The van der Waals surface area contributed by atoms with Crippen LogP contribution in [0.15, 0.2) is 23.8 Å². The Kier molecular flexibility index (Phi) is 3.41. The van der Waals surface area contributed by atoms with Crippen LogP contribution in [0.25, 0.3) is 6.08 Å². The summed E-state index contributed by atoms with van der Waals surface area (Å²) in [6, 6.07) is 5.02. The highest BCUT2D eigenvalue weighted by molar-refractivity contribution is 6.00. The normalized spacial score (nSPS) is 10.6. The minimum Gasteiger partial charge on any atom is -0.502 e. The van der Waals surface area contributed by atoms with Crippen molar-refractivity contribution in [1.29, 1.82) is 5.26 Å². The van der Waals surface area contributed by atoms with E-state index in [1.165, 1.54) is 6.07 Å². The Bertz CT molecular complexity index is 557. The van der Waals surface area contributed by atoms with E-state index in [4.69, 9.17) is 11.0 Å². The number of nitriles is 1. The number of nitro groups is 1. The monoisotopic (exact) mass is 233 g/mol. The Morgan fingerprint density at radius 2 is 2.24 bits per heavy atom. The Balaban J connectivity index is 3.27. The first-order valence-electron chi connectivity index (χ1n) is 4.34. The standard InChI is InChI=1S/C10H7N3O4/c11-5-7(10(12)15)3-6-1-2-9(14)8(4-6)13(16)17/h1-4,14H,(H2,12,15). The summed E-state index contributed by atoms with van der Waals surface area (Å²) in [5.41, 5.74) is 4.29. The third kappa shape index (κ3) is 2.79. The van der Waals surface area contributed by atoms with Crippen LogP contribution < -0.4 is 5.73 Å². The van der Waals surface area contributed by atoms with Crippen LogP contribution >= 0.6 is 0 Å². The molecule has 1 amide bonds. The van der Waals surface area contributed by atoms with Gasteiger partial charge in [-0.2, -0.15) is 5.26 Å². The molecule has 0 aliphatic heterocycles. The predicted octanol–water partition coefficient (Wildman–Crippen LogP) is 0.693. The fraction of sp³-hybridized carbons (Fsp3) is 0. The lowest BCUT2D eigenvalue weighted by molar-refractivity contribution is -0.385. The Morgan fingerprint density at radius 3 is 2.71 bits per heavy atom. The molecule has 86 valence electrons. The van der Waals surface area contributed by atoms with Gasteiger partial charge >= 0.3 is 5.69 Å². The molecule has 0 atom stereocenters. The van der Waals surface area contributed by atoms with Gasteiger partial charge in [0.05, 0.1) is 4.92 Å². The summed E-state index contributed by atoms with van der Waals surface area (Å²) in [6.45, 7) is 0. The van der Waals surface area contributed by atoms with Gasteiger partial charge in [0, 0.05) is 6.07 Å². The summed E-state index contributed by atoms with van der Waals surface area (Å²) in [5, 5.41) is 28.3. The molecule has 0 heterocycles. The number of carbonyl (C=O) groups excluding carboxylic acids is 1. The molecule has 0 radical (unpaired) electrons. The van der Waals surface area contributed by atoms with Gasteiger partial charge in [-0.1, -0.05) is 6.07 Å². The van der Waals surface area contributed by atoms with Gasteiger partial charge in [-0.3, -0.25) is 14.9 Å². The maximum Gasteiger partial charge on any atom is 0.311 e. The Hall–Kier alpha value is -2.88. The van der Waals surface area contributed by atoms with E-state index < -0.39 is 22.3 Å². The molecule has 7 nitrogen and oxygen atoms in total. The summed E-state index contributed by atoms with van der Waals surface area (Å²) in [7, 11) is 0. The van der Waals surface area contributed by atoms with Crippen LogP contribution in [-0.4, -0.2) is 15.9 Å². The van der Waals surface area contributed by atoms with E-state index in [2.05, 4.69) is 0 Å². The minimum atomic E-state index is -0.928. The highest BCUT2D eigenvalue weighted by Crippen LogP contribution is 2.27. The minimum absolute atomic E-state index is 0.227. The zero-order valence-corrected chi connectivity index (χ0v) is 8.45. The summed E-state index contributed by atoms with van der Waals surface area (Å²) < 4.78 is 0. The molecule has 0 unspecified atom stereocenters. The Labute approximate surface area is 95.5 Å². The third-order valence-corrected chi connectivity index (χ3v) is 1.89. The number of nitrogens with two attached hydrogens (primary N) is 1. The van der Waals surface area contributed by atoms with Gasteiger partial charge in [-0.25, -0.2) is 0 Å². The lowest BCUT2D eigenvalue weighted by Gasteiger charge is -1.98. The highest BCUT2D eigenvalue weighted by atomic mass is 16.6. The van der Waals surface area contributed by atoms with E-state index in [1.54, 1.807) is 6.07 Å². The second-order valence-corrected chi connectivity index (χ2v) is 3.04. The third-order valence-electron chi connectivity index (χ3n) is 1.89. The first-order valence-corrected chi connectivity index (χ1v) is 4.34. The summed E-state index contributed by atoms with van der Waals surface area (Å²) >= 11 is 0. The van der Waals surface area contributed by atoms with E-state index in [0.29, 0.717) is 0 Å². The summed E-state index contributed by atoms with van der Waals surface area (Å²) in [4.78, 5) is 20.5. The second-order valence-electron chi connectivity index (χ2n) is 3.04. The van der Waals surface area contributed by atoms with Crippen LogP contribution in [-0.2, 0) is 4.79 Å². The number of phenols is 1. The quantitative estimate of drug-likeness (QED) is 0.343. The lowest BCUT2D eigenvalue weighted by atomic mass is 10.1. The van der Waals surface area contributed by atoms with Crippen molar-refractivity contribution in [3.05, 3.63) is 39.4 Å². The molecule has 17 heavy (non-hydrogen) atoms. The molecular formula is C10H7N3O4. The first-order chi connectivity index (χ1) is 7.95. The van der Waals surface area contributed by atoms with Gasteiger partial charge in [0.1, 0.15) is 11.6 Å². The van der Waals surface area contributed by atoms with Gasteiger partial charge in [0.2, 0.25) is 0 Å². The van der Waals surface area contributed by atoms with Gasteiger partial charge < -0.3 is 10.8 Å². The largest absolute Gasteiger partial charge is 0.502 e. The summed E-state index contributed by atoms with van der Waals surface area (Å²) in [5.74, 6) is -1.42. The number of rotatable bonds is 3. The number of primary amides is 1. The van der Waals surface area contributed by atoms with Crippen molar-refractivity contribution in [2.75, 3.05) is 0 Å². The van der Waals surface area contributed by atoms with Gasteiger partial charge in [-0.05, 0) is 17.7 Å². The lowest BCUT2D eigenvalue weighted by Crippen LogP contribution is -2.12. The fourth-order valence-corrected chi connectivity index (χ4v) is 1.10. The number of hydrogen-bond donors (Lipinski definition) is 2. The zero-order chi connectivity index (χ0) is 13.0. The van der Waals surface area contributed by atoms with E-state index in [0.717, 1.165) is 18.2 Å². The van der Waals surface area contributed by atoms with E-state index in [1.807, 2.05) is 0 Å². The summed E-state index contributed by atoms with van der Waals surface area (Å²) in [6.07, 6.45) is 1.11. The number of aromatic hydroxyl groups is 1. The van der Waals surface area contributed by atoms with E-state index in [-0.39, 0.29) is 11.1 Å². The van der Waals surface area contributed by atoms with Crippen LogP contribution in [0.4, 0.5) is 5.69 Å². The van der Waals surface area contributed by atoms with Crippen molar-refractivity contribution >= 4 is 17.7 Å². The van der Waals surface area contributed by atoms with Crippen LogP contribution in [0.5, 0.6) is 5.75 Å². The van der Waals surface area contributed by atoms with Crippen LogP contribution in [0.2, 0.25) is 0 Å². The molecule has 1 rings (SSSR count). The SMILES string of the molecule is N#CC(=Cc1ccc(O)c([N+](=O)[O-])c1)C(N)=O. The molecule has 1 aromatic carbocycles. The number of nitro benzene ring substituents is 1. The molecule has 0 saturated heterocycles. The maximum atomic E-state index is 10.8. The number of amides is 1. The predicted molar refractivity (Wildman–Crippen MR) is 57.5 cm³/mol. The molecule has 0 aromatic heterocycles. The molecule has 3 N–H and O–H groups in total. The van der Waals surface area contributed by atoms with E-state index in [9.17, 15) is 20.0 Å². The van der Waals surface area contributed by atoms with Crippen LogP contribution in [0, 0.1) is 21.4 Å². The number of nitrogens with zero attached hydrogens (tertiary/aromatic N) is 2. The van der Waals surface area contributed by atoms with Gasteiger partial charge in [-0.15, -0.1) is 0 Å². The average molecular weight is 233 g/mol. The molecule has 0 aliphatic rings. The average Bonchev–Trinajstić information content (AvgIpc) is 2.27. The van der Waals surface area contributed by atoms with Crippen molar-refractivity contribution in [2.45, 2.75) is 0 Å². The molecule has 0 fully saturated rings. The molecule has 0 saturated carbocycles. The zero-order valence-electron chi connectivity index (χ0n) is 8.45. The fourth-order valence-electron chi connectivity index (χ4n) is 1.10. The van der Waals surface area contributed by atoms with Gasteiger partial charge in [0.15, 0.2) is 5.75 Å². The Morgan fingerprint density at radius 1 is 1.59 bits per heavy atom. The van der Waals surface area contributed by atoms with Crippen molar-refractivity contribution in [2.24, 2.45) is 5.73 Å². The van der Waals surface area contributed by atoms with Crippen LogP contribution in [0.1, 0.15) is 5.56 Å². The number of carbonyl (C=O) groups is 1.